The molecule has 3 N–H and O–H groups in total. The number of aromatic amines is 1. The molecule has 1 aromatic heterocycles. The van der Waals surface area contributed by atoms with Gasteiger partial charge in [0.25, 0.3) is 0 Å². The SMILES string of the molecule is COc1[nH]c(=S)c(F)cc1N. The number of anilines is 1. The van der Waals surface area contributed by atoms with Crippen LogP contribution in [0.2, 0.25) is 0 Å². The van der Waals surface area contributed by atoms with Gasteiger partial charge in [-0.15, -0.1) is 0 Å². The van der Waals surface area contributed by atoms with Crippen molar-refractivity contribution in [3.05, 3.63) is 16.5 Å². The van der Waals surface area contributed by atoms with Crippen molar-refractivity contribution in [1.29, 1.82) is 0 Å². The Morgan fingerprint density at radius 1 is 1.73 bits per heavy atom. The molecular weight excluding hydrogens is 167 g/mol. The first-order valence-corrected chi connectivity index (χ1v) is 3.28. The van der Waals surface area contributed by atoms with Gasteiger partial charge in [-0.25, -0.2) is 4.39 Å². The quantitative estimate of drug-likeness (QED) is 0.634. The van der Waals surface area contributed by atoms with E-state index in [4.69, 9.17) is 10.5 Å². The fraction of sp³-hybridized carbons (Fsp3) is 0.167. The van der Waals surface area contributed by atoms with Gasteiger partial charge in [-0.3, -0.25) is 0 Å². The van der Waals surface area contributed by atoms with E-state index in [0.29, 0.717) is 0 Å². The molecule has 5 heteroatoms. The number of hydrogen-bond acceptors (Lipinski definition) is 3. The molecule has 11 heavy (non-hydrogen) atoms. The van der Waals surface area contributed by atoms with Crippen LogP contribution >= 0.6 is 12.2 Å². The third kappa shape index (κ3) is 1.48. The van der Waals surface area contributed by atoms with Gasteiger partial charge in [0.2, 0.25) is 5.88 Å². The Bertz CT molecular complexity index is 323. The highest BCUT2D eigenvalue weighted by molar-refractivity contribution is 7.71. The van der Waals surface area contributed by atoms with Crippen molar-refractivity contribution in [2.45, 2.75) is 0 Å². The number of aromatic nitrogens is 1. The lowest BCUT2D eigenvalue weighted by molar-refractivity contribution is 0.397. The number of nitrogens with one attached hydrogen (secondary N) is 1. The predicted molar refractivity (Wildman–Crippen MR) is 42.5 cm³/mol. The van der Waals surface area contributed by atoms with E-state index in [0.717, 1.165) is 6.07 Å². The maximum absolute atomic E-state index is 12.6. The van der Waals surface area contributed by atoms with Gasteiger partial charge in [0.1, 0.15) is 4.64 Å². The van der Waals surface area contributed by atoms with E-state index in [1.54, 1.807) is 0 Å². The molecule has 1 heterocycles. The molecule has 0 bridgehead atoms. The zero-order valence-electron chi connectivity index (χ0n) is 5.85. The molecule has 0 unspecified atom stereocenters. The van der Waals surface area contributed by atoms with Gasteiger partial charge in [0.15, 0.2) is 5.82 Å². The standard InChI is InChI=1S/C6H7FN2OS/c1-10-5-4(8)2-3(7)6(11)9-5/h2H,8H2,1H3,(H,9,11). The van der Waals surface area contributed by atoms with Crippen LogP contribution in [0.5, 0.6) is 5.88 Å². The van der Waals surface area contributed by atoms with Crippen molar-refractivity contribution in [3.8, 4) is 5.88 Å². The Hall–Kier alpha value is -1.10. The normalized spacial score (nSPS) is 9.64. The molecule has 0 saturated heterocycles. The maximum Gasteiger partial charge on any atom is 0.215 e. The van der Waals surface area contributed by atoms with Crippen molar-refractivity contribution in [1.82, 2.24) is 4.98 Å². The molecule has 0 aliphatic rings. The Balaban J connectivity index is 3.32. The third-order valence-electron chi connectivity index (χ3n) is 1.19. The zero-order valence-corrected chi connectivity index (χ0v) is 6.67. The minimum Gasteiger partial charge on any atom is -0.481 e. The van der Waals surface area contributed by atoms with E-state index in [9.17, 15) is 4.39 Å². The molecule has 0 fully saturated rings. The number of methoxy groups -OCH3 is 1. The van der Waals surface area contributed by atoms with Crippen LogP contribution in [0.25, 0.3) is 0 Å². The Kier molecular flexibility index (Phi) is 2.09. The second kappa shape index (κ2) is 2.87. The molecule has 1 rings (SSSR count). The van der Waals surface area contributed by atoms with Crippen LogP contribution in [-0.2, 0) is 0 Å². The molecule has 0 atom stereocenters. The second-order valence-corrected chi connectivity index (χ2v) is 2.34. The molecule has 3 nitrogen and oxygen atoms in total. The largest absolute Gasteiger partial charge is 0.481 e. The highest BCUT2D eigenvalue weighted by Gasteiger charge is 2.01. The molecule has 0 amide bonds. The van der Waals surface area contributed by atoms with E-state index >= 15 is 0 Å². The van der Waals surface area contributed by atoms with E-state index in [1.807, 2.05) is 0 Å². The Labute approximate surface area is 68.0 Å². The van der Waals surface area contributed by atoms with Crippen LogP contribution in [0, 0.1) is 10.5 Å². The Morgan fingerprint density at radius 2 is 2.36 bits per heavy atom. The molecule has 1 aromatic rings. The monoisotopic (exact) mass is 174 g/mol. The van der Waals surface area contributed by atoms with E-state index in [2.05, 4.69) is 17.2 Å². The fourth-order valence-electron chi connectivity index (χ4n) is 0.671. The van der Waals surface area contributed by atoms with Crippen LogP contribution in [0.15, 0.2) is 6.07 Å². The zero-order chi connectivity index (χ0) is 8.43. The van der Waals surface area contributed by atoms with Gasteiger partial charge in [0, 0.05) is 6.07 Å². The average molecular weight is 174 g/mol. The van der Waals surface area contributed by atoms with Crippen LogP contribution < -0.4 is 10.5 Å². The van der Waals surface area contributed by atoms with Crippen molar-refractivity contribution in [3.63, 3.8) is 0 Å². The summed E-state index contributed by atoms with van der Waals surface area (Å²) in [5.41, 5.74) is 5.57. The number of H-pyrrole nitrogens is 1. The van der Waals surface area contributed by atoms with Crippen LogP contribution in [-0.4, -0.2) is 12.1 Å². The number of pyridine rings is 1. The highest BCUT2D eigenvalue weighted by Crippen LogP contribution is 2.18. The average Bonchev–Trinajstić information content (AvgIpc) is 1.97. The first-order chi connectivity index (χ1) is 5.15. The minimum atomic E-state index is -0.543. The lowest BCUT2D eigenvalue weighted by atomic mass is 10.4. The summed E-state index contributed by atoms with van der Waals surface area (Å²) in [7, 11) is 1.43. The van der Waals surface area contributed by atoms with Crippen LogP contribution in [0.3, 0.4) is 0 Å². The summed E-state index contributed by atoms with van der Waals surface area (Å²) in [4.78, 5) is 2.49. The molecule has 0 aliphatic heterocycles. The molecule has 60 valence electrons. The number of nitrogen functional groups attached to an aromatic ring is 1. The Morgan fingerprint density at radius 3 is 2.91 bits per heavy atom. The van der Waals surface area contributed by atoms with Gasteiger partial charge in [-0.2, -0.15) is 0 Å². The molecule has 0 saturated carbocycles. The number of ether oxygens (including phenoxy) is 1. The van der Waals surface area contributed by atoms with E-state index in [1.165, 1.54) is 7.11 Å². The van der Waals surface area contributed by atoms with Crippen molar-refractivity contribution < 1.29 is 9.13 Å². The number of halogens is 1. The van der Waals surface area contributed by atoms with Crippen molar-refractivity contribution >= 4 is 17.9 Å². The summed E-state index contributed by atoms with van der Waals surface area (Å²) in [5.74, 6) is -0.255. The summed E-state index contributed by atoms with van der Waals surface area (Å²) >= 11 is 4.60. The van der Waals surface area contributed by atoms with Gasteiger partial charge in [0.05, 0.1) is 12.8 Å². The van der Waals surface area contributed by atoms with Crippen molar-refractivity contribution in [2.24, 2.45) is 0 Å². The summed E-state index contributed by atoms with van der Waals surface area (Å²) in [6.07, 6.45) is 0. The fourth-order valence-corrected chi connectivity index (χ4v) is 0.823. The number of rotatable bonds is 1. The molecule has 0 aromatic carbocycles. The van der Waals surface area contributed by atoms with E-state index in [-0.39, 0.29) is 16.2 Å². The van der Waals surface area contributed by atoms with Crippen LogP contribution in [0.4, 0.5) is 10.1 Å². The predicted octanol–water partition coefficient (Wildman–Crippen LogP) is 1.47. The highest BCUT2D eigenvalue weighted by atomic mass is 32.1. The third-order valence-corrected chi connectivity index (χ3v) is 1.49. The van der Waals surface area contributed by atoms with Crippen molar-refractivity contribution in [2.75, 3.05) is 12.8 Å². The molecule has 0 radical (unpaired) electrons. The van der Waals surface area contributed by atoms with E-state index < -0.39 is 5.82 Å². The molecule has 0 spiro atoms. The lowest BCUT2D eigenvalue weighted by Crippen LogP contribution is -1.96. The lowest BCUT2D eigenvalue weighted by Gasteiger charge is -2.02. The first kappa shape index (κ1) is 8.00. The summed E-state index contributed by atoms with van der Waals surface area (Å²) in [6.45, 7) is 0. The van der Waals surface area contributed by atoms with Gasteiger partial charge < -0.3 is 15.5 Å². The second-order valence-electron chi connectivity index (χ2n) is 1.93. The molecule has 0 aliphatic carbocycles. The maximum atomic E-state index is 12.6. The first-order valence-electron chi connectivity index (χ1n) is 2.87. The number of hydrogen-bond donors (Lipinski definition) is 2. The number of nitrogens with two attached hydrogens (primary N) is 1. The van der Waals surface area contributed by atoms with Crippen LogP contribution in [0.1, 0.15) is 0 Å². The smallest absolute Gasteiger partial charge is 0.215 e. The summed E-state index contributed by atoms with van der Waals surface area (Å²) in [6, 6.07) is 1.12. The van der Waals surface area contributed by atoms with Gasteiger partial charge in [-0.05, 0) is 0 Å². The minimum absolute atomic E-state index is 0.00366. The van der Waals surface area contributed by atoms with Gasteiger partial charge in [-0.1, -0.05) is 12.2 Å². The topological polar surface area (TPSA) is 51.0 Å². The van der Waals surface area contributed by atoms with Gasteiger partial charge >= 0.3 is 0 Å². The summed E-state index contributed by atoms with van der Waals surface area (Å²) in [5, 5.41) is 0. The molecular formula is C6H7FN2OS. The summed E-state index contributed by atoms with van der Waals surface area (Å²) < 4.78 is 17.4.